The molecule has 0 fully saturated rings. The van der Waals surface area contributed by atoms with Crippen molar-refractivity contribution in [1.29, 1.82) is 0 Å². The van der Waals surface area contributed by atoms with Crippen molar-refractivity contribution in [2.24, 2.45) is 0 Å². The fraction of sp³-hybridized carbons (Fsp3) is 0.429. The minimum absolute atomic E-state index is 0.672. The Morgan fingerprint density at radius 2 is 2.28 bits per heavy atom. The zero-order valence-corrected chi connectivity index (χ0v) is 10.5. The average Bonchev–Trinajstić information content (AvgIpc) is 2.75. The van der Waals surface area contributed by atoms with Gasteiger partial charge < -0.3 is 9.84 Å². The van der Waals surface area contributed by atoms with Crippen molar-refractivity contribution in [3.05, 3.63) is 47.1 Å². The topological polar surface area (TPSA) is 51.0 Å². The second-order valence-corrected chi connectivity index (χ2v) is 4.79. The van der Waals surface area contributed by atoms with Crippen LogP contribution in [0.2, 0.25) is 0 Å². The molecule has 0 aliphatic heterocycles. The number of aromatic nitrogens is 2. The van der Waals surface area contributed by atoms with E-state index in [1.54, 1.807) is 0 Å². The van der Waals surface area contributed by atoms with Gasteiger partial charge in [0.05, 0.1) is 0 Å². The first kappa shape index (κ1) is 11.4. The molecule has 4 heteroatoms. The highest BCUT2D eigenvalue weighted by molar-refractivity contribution is 5.40. The monoisotopic (exact) mass is 243 g/mol. The number of benzene rings is 1. The highest BCUT2D eigenvalue weighted by Crippen LogP contribution is 2.33. The third kappa shape index (κ3) is 2.29. The highest BCUT2D eigenvalue weighted by atomic mass is 16.5. The summed E-state index contributed by atoms with van der Waals surface area (Å²) in [7, 11) is 0. The van der Waals surface area contributed by atoms with Crippen LogP contribution in [0.15, 0.2) is 28.8 Å². The lowest BCUT2D eigenvalue weighted by molar-refractivity contribution is 0.371. The third-order valence-corrected chi connectivity index (χ3v) is 3.44. The molecule has 94 valence electrons. The van der Waals surface area contributed by atoms with Gasteiger partial charge in [-0.15, -0.1) is 0 Å². The van der Waals surface area contributed by atoms with Crippen LogP contribution in [-0.2, 0) is 12.8 Å². The first-order valence-electron chi connectivity index (χ1n) is 6.40. The maximum absolute atomic E-state index is 5.07. The summed E-state index contributed by atoms with van der Waals surface area (Å²) in [5.74, 6) is 2.09. The molecule has 1 aliphatic carbocycles. The number of hydrogen-bond acceptors (Lipinski definition) is 4. The van der Waals surface area contributed by atoms with Gasteiger partial charge in [0.1, 0.15) is 0 Å². The van der Waals surface area contributed by atoms with Gasteiger partial charge in [-0.05, 0) is 24.5 Å². The normalized spacial score (nSPS) is 17.3. The van der Waals surface area contributed by atoms with Crippen LogP contribution in [0, 0.1) is 6.92 Å². The van der Waals surface area contributed by atoms with Crippen molar-refractivity contribution in [2.75, 3.05) is 13.1 Å². The first-order chi connectivity index (χ1) is 8.83. The van der Waals surface area contributed by atoms with Gasteiger partial charge in [0.25, 0.3) is 0 Å². The van der Waals surface area contributed by atoms with E-state index in [-0.39, 0.29) is 0 Å². The molecule has 3 rings (SSSR count). The maximum atomic E-state index is 5.07. The smallest absolute Gasteiger partial charge is 0.227 e. The van der Waals surface area contributed by atoms with Crippen LogP contribution in [0.5, 0.6) is 0 Å². The van der Waals surface area contributed by atoms with E-state index in [1.807, 2.05) is 6.92 Å². The molecule has 1 aromatic heterocycles. The predicted molar refractivity (Wildman–Crippen MR) is 68.5 cm³/mol. The van der Waals surface area contributed by atoms with Crippen LogP contribution in [0.25, 0.3) is 0 Å². The van der Waals surface area contributed by atoms with Crippen LogP contribution in [0.3, 0.4) is 0 Å². The molecule has 4 nitrogen and oxygen atoms in total. The lowest BCUT2D eigenvalue weighted by Gasteiger charge is -2.30. The summed E-state index contributed by atoms with van der Waals surface area (Å²) < 4.78 is 5.07. The SMILES string of the molecule is Cc1noc(CCNCC2Cc3ccccc32)n1. The Morgan fingerprint density at radius 1 is 1.39 bits per heavy atom. The van der Waals surface area contributed by atoms with Gasteiger partial charge >= 0.3 is 0 Å². The molecule has 2 aromatic rings. The number of nitrogens with zero attached hydrogens (tertiary/aromatic N) is 2. The van der Waals surface area contributed by atoms with Crippen molar-refractivity contribution in [3.63, 3.8) is 0 Å². The van der Waals surface area contributed by atoms with Crippen molar-refractivity contribution in [2.45, 2.75) is 25.7 Å². The fourth-order valence-corrected chi connectivity index (χ4v) is 2.46. The summed E-state index contributed by atoms with van der Waals surface area (Å²) in [4.78, 5) is 4.18. The van der Waals surface area contributed by atoms with Crippen LogP contribution >= 0.6 is 0 Å². The predicted octanol–water partition coefficient (Wildman–Crippen LogP) is 1.85. The summed E-state index contributed by atoms with van der Waals surface area (Å²) in [5.41, 5.74) is 3.00. The highest BCUT2D eigenvalue weighted by Gasteiger charge is 2.24. The van der Waals surface area contributed by atoms with Crippen LogP contribution in [-0.4, -0.2) is 23.2 Å². The van der Waals surface area contributed by atoms with Crippen LogP contribution in [0.4, 0.5) is 0 Å². The molecule has 0 saturated heterocycles. The molecule has 1 unspecified atom stereocenters. The van der Waals surface area contributed by atoms with Crippen molar-refractivity contribution >= 4 is 0 Å². The quantitative estimate of drug-likeness (QED) is 0.814. The van der Waals surface area contributed by atoms with Crippen LogP contribution < -0.4 is 5.32 Å². The summed E-state index contributed by atoms with van der Waals surface area (Å²) in [6.07, 6.45) is 2.00. The average molecular weight is 243 g/mol. The van der Waals surface area contributed by atoms with Gasteiger partial charge in [-0.1, -0.05) is 29.4 Å². The molecule has 18 heavy (non-hydrogen) atoms. The number of hydrogen-bond donors (Lipinski definition) is 1. The molecular weight excluding hydrogens is 226 g/mol. The molecule has 0 spiro atoms. The summed E-state index contributed by atoms with van der Waals surface area (Å²) in [5, 5.41) is 7.23. The summed E-state index contributed by atoms with van der Waals surface area (Å²) in [6, 6.07) is 8.67. The Balaban J connectivity index is 1.42. The third-order valence-electron chi connectivity index (χ3n) is 3.44. The van der Waals surface area contributed by atoms with Crippen molar-refractivity contribution in [1.82, 2.24) is 15.5 Å². The molecule has 1 aliphatic rings. The van der Waals surface area contributed by atoms with E-state index in [2.05, 4.69) is 39.7 Å². The van der Waals surface area contributed by atoms with E-state index in [1.165, 1.54) is 17.5 Å². The second kappa shape index (κ2) is 4.90. The number of aryl methyl sites for hydroxylation is 1. The van der Waals surface area contributed by atoms with E-state index in [4.69, 9.17) is 4.52 Å². The molecule has 0 radical (unpaired) electrons. The minimum atomic E-state index is 0.672. The van der Waals surface area contributed by atoms with Gasteiger partial charge in [0.15, 0.2) is 5.82 Å². The fourth-order valence-electron chi connectivity index (χ4n) is 2.46. The number of fused-ring (bicyclic) bond motifs is 1. The molecule has 0 bridgehead atoms. The van der Waals surface area contributed by atoms with E-state index in [0.29, 0.717) is 17.6 Å². The standard InChI is InChI=1S/C14H17N3O/c1-10-16-14(18-17-10)6-7-15-9-12-8-11-4-2-3-5-13(11)12/h2-5,12,15H,6-9H2,1H3. The van der Waals surface area contributed by atoms with E-state index in [9.17, 15) is 0 Å². The lowest BCUT2D eigenvalue weighted by Crippen LogP contribution is -2.30. The first-order valence-corrected chi connectivity index (χ1v) is 6.40. The van der Waals surface area contributed by atoms with Crippen molar-refractivity contribution < 1.29 is 4.52 Å². The summed E-state index contributed by atoms with van der Waals surface area (Å²) in [6.45, 7) is 3.76. The lowest BCUT2D eigenvalue weighted by atomic mass is 9.77. The minimum Gasteiger partial charge on any atom is -0.339 e. The Bertz CT molecular complexity index is 535. The Labute approximate surface area is 106 Å². The molecular formula is C14H17N3O. The molecule has 1 atom stereocenters. The van der Waals surface area contributed by atoms with Gasteiger partial charge in [-0.2, -0.15) is 4.98 Å². The zero-order chi connectivity index (χ0) is 12.4. The van der Waals surface area contributed by atoms with Crippen molar-refractivity contribution in [3.8, 4) is 0 Å². The molecule has 1 N–H and O–H groups in total. The van der Waals surface area contributed by atoms with Crippen LogP contribution in [0.1, 0.15) is 28.8 Å². The van der Waals surface area contributed by atoms with Gasteiger partial charge in [-0.3, -0.25) is 0 Å². The molecule has 1 heterocycles. The number of nitrogens with one attached hydrogen (secondary N) is 1. The van der Waals surface area contributed by atoms with Gasteiger partial charge in [0.2, 0.25) is 5.89 Å². The molecule has 0 amide bonds. The Hall–Kier alpha value is -1.68. The van der Waals surface area contributed by atoms with E-state index in [0.717, 1.165) is 19.5 Å². The number of rotatable bonds is 5. The Morgan fingerprint density at radius 3 is 3.06 bits per heavy atom. The summed E-state index contributed by atoms with van der Waals surface area (Å²) >= 11 is 0. The Kier molecular flexibility index (Phi) is 3.11. The molecule has 1 aromatic carbocycles. The van der Waals surface area contributed by atoms with E-state index < -0.39 is 0 Å². The molecule has 0 saturated carbocycles. The van der Waals surface area contributed by atoms with Gasteiger partial charge in [-0.25, -0.2) is 0 Å². The largest absolute Gasteiger partial charge is 0.339 e. The maximum Gasteiger partial charge on any atom is 0.227 e. The zero-order valence-electron chi connectivity index (χ0n) is 10.5. The van der Waals surface area contributed by atoms with Gasteiger partial charge in [0, 0.05) is 25.4 Å². The second-order valence-electron chi connectivity index (χ2n) is 4.79. The van der Waals surface area contributed by atoms with E-state index >= 15 is 0 Å².